The van der Waals surface area contributed by atoms with Crippen LogP contribution < -0.4 is 10.6 Å². The maximum atomic E-state index is 12.1. The molecule has 18 heavy (non-hydrogen) atoms. The van der Waals surface area contributed by atoms with Gasteiger partial charge in [0.25, 0.3) is 5.91 Å². The molecule has 0 unspecified atom stereocenters. The third kappa shape index (κ3) is 2.40. The van der Waals surface area contributed by atoms with Crippen LogP contribution in [-0.4, -0.2) is 25.0 Å². The van der Waals surface area contributed by atoms with Gasteiger partial charge >= 0.3 is 0 Å². The monoisotopic (exact) mass is 246 g/mol. The summed E-state index contributed by atoms with van der Waals surface area (Å²) in [6.45, 7) is 3.23. The van der Waals surface area contributed by atoms with Gasteiger partial charge in [-0.05, 0) is 42.6 Å². The van der Waals surface area contributed by atoms with E-state index in [0.29, 0.717) is 13.2 Å². The zero-order chi connectivity index (χ0) is 12.4. The van der Waals surface area contributed by atoms with Gasteiger partial charge in [0.2, 0.25) is 0 Å². The third-order valence-corrected chi connectivity index (χ3v) is 3.62. The van der Waals surface area contributed by atoms with Gasteiger partial charge in [0, 0.05) is 18.2 Å². The van der Waals surface area contributed by atoms with Crippen molar-refractivity contribution >= 4 is 5.91 Å². The first-order valence-corrected chi connectivity index (χ1v) is 6.54. The van der Waals surface area contributed by atoms with Gasteiger partial charge in [-0.2, -0.15) is 0 Å². The molecule has 96 valence electrons. The Morgan fingerprint density at radius 3 is 3.06 bits per heavy atom. The Bertz CT molecular complexity index is 453. The molecular formula is C14H18N2O2. The van der Waals surface area contributed by atoms with Gasteiger partial charge in [0.05, 0.1) is 13.2 Å². The van der Waals surface area contributed by atoms with Gasteiger partial charge in [-0.3, -0.25) is 4.79 Å². The highest BCUT2D eigenvalue weighted by Crippen LogP contribution is 2.20. The lowest BCUT2D eigenvalue weighted by atomic mass is 10.0. The zero-order valence-corrected chi connectivity index (χ0v) is 10.4. The van der Waals surface area contributed by atoms with E-state index in [-0.39, 0.29) is 11.9 Å². The summed E-state index contributed by atoms with van der Waals surface area (Å²) in [6, 6.07) is 6.10. The average Bonchev–Trinajstić information content (AvgIpc) is 2.87. The maximum Gasteiger partial charge on any atom is 0.251 e. The van der Waals surface area contributed by atoms with E-state index >= 15 is 0 Å². The number of hydrogen-bond donors (Lipinski definition) is 2. The lowest BCUT2D eigenvalue weighted by Gasteiger charge is -2.23. The first kappa shape index (κ1) is 11.7. The molecule has 4 heteroatoms. The highest BCUT2D eigenvalue weighted by molar-refractivity contribution is 5.94. The van der Waals surface area contributed by atoms with Crippen LogP contribution in [0.4, 0.5) is 0 Å². The van der Waals surface area contributed by atoms with Crippen LogP contribution in [0.1, 0.15) is 34.3 Å². The summed E-state index contributed by atoms with van der Waals surface area (Å²) in [5.74, 6) is 0.0263. The van der Waals surface area contributed by atoms with Gasteiger partial charge in [0.15, 0.2) is 0 Å². The van der Waals surface area contributed by atoms with Crippen molar-refractivity contribution in [1.82, 2.24) is 10.6 Å². The van der Waals surface area contributed by atoms with E-state index in [1.165, 1.54) is 5.56 Å². The number of ether oxygens (including phenoxy) is 1. The van der Waals surface area contributed by atoms with Gasteiger partial charge in [-0.25, -0.2) is 0 Å². The summed E-state index contributed by atoms with van der Waals surface area (Å²) in [5, 5.41) is 6.38. The van der Waals surface area contributed by atoms with E-state index in [1.54, 1.807) is 0 Å². The van der Waals surface area contributed by atoms with Crippen LogP contribution in [0.15, 0.2) is 18.2 Å². The van der Waals surface area contributed by atoms with Gasteiger partial charge in [-0.1, -0.05) is 6.07 Å². The van der Waals surface area contributed by atoms with Crippen LogP contribution >= 0.6 is 0 Å². The smallest absolute Gasteiger partial charge is 0.251 e. The number of benzene rings is 1. The quantitative estimate of drug-likeness (QED) is 0.824. The van der Waals surface area contributed by atoms with Gasteiger partial charge in [-0.15, -0.1) is 0 Å². The van der Waals surface area contributed by atoms with E-state index in [0.717, 1.165) is 37.1 Å². The molecule has 0 bridgehead atoms. The van der Waals surface area contributed by atoms with Crippen LogP contribution in [0.2, 0.25) is 0 Å². The molecule has 0 spiro atoms. The molecule has 4 nitrogen and oxygen atoms in total. The molecule has 2 aliphatic heterocycles. The van der Waals surface area contributed by atoms with Crippen molar-refractivity contribution in [3.8, 4) is 0 Å². The number of piperidine rings is 1. The van der Waals surface area contributed by atoms with E-state index in [4.69, 9.17) is 4.74 Å². The fourth-order valence-corrected chi connectivity index (χ4v) is 2.56. The Balaban J connectivity index is 1.68. The number of hydrogen-bond acceptors (Lipinski definition) is 3. The van der Waals surface area contributed by atoms with Crippen molar-refractivity contribution in [1.29, 1.82) is 0 Å². The largest absolute Gasteiger partial charge is 0.372 e. The Labute approximate surface area is 107 Å². The molecule has 1 aromatic rings. The van der Waals surface area contributed by atoms with Crippen molar-refractivity contribution in [2.24, 2.45) is 0 Å². The fourth-order valence-electron chi connectivity index (χ4n) is 2.56. The first-order valence-electron chi connectivity index (χ1n) is 6.54. The van der Waals surface area contributed by atoms with E-state index in [2.05, 4.69) is 10.6 Å². The van der Waals surface area contributed by atoms with Crippen molar-refractivity contribution in [3.05, 3.63) is 34.9 Å². The van der Waals surface area contributed by atoms with Crippen molar-refractivity contribution < 1.29 is 9.53 Å². The lowest BCUT2D eigenvalue weighted by Crippen LogP contribution is -2.45. The summed E-state index contributed by atoms with van der Waals surface area (Å²) in [4.78, 5) is 12.1. The van der Waals surface area contributed by atoms with Crippen LogP contribution in [0.3, 0.4) is 0 Å². The highest BCUT2D eigenvalue weighted by atomic mass is 16.5. The Morgan fingerprint density at radius 2 is 2.22 bits per heavy atom. The predicted molar refractivity (Wildman–Crippen MR) is 68.3 cm³/mol. The third-order valence-electron chi connectivity index (χ3n) is 3.62. The number of rotatable bonds is 2. The second-order valence-corrected chi connectivity index (χ2v) is 4.99. The number of nitrogens with one attached hydrogen (secondary N) is 2. The number of amides is 1. The molecule has 1 fully saturated rings. The molecule has 2 heterocycles. The van der Waals surface area contributed by atoms with Crippen molar-refractivity contribution in [2.75, 3.05) is 13.1 Å². The van der Waals surface area contributed by atoms with Gasteiger partial charge in [0.1, 0.15) is 0 Å². The van der Waals surface area contributed by atoms with Crippen LogP contribution in [0, 0.1) is 0 Å². The minimum atomic E-state index is 0.0263. The number of carbonyl (C=O) groups excluding carboxylic acids is 1. The van der Waals surface area contributed by atoms with Crippen LogP contribution in [0.5, 0.6) is 0 Å². The molecule has 1 amide bonds. The topological polar surface area (TPSA) is 50.4 Å². The zero-order valence-electron chi connectivity index (χ0n) is 10.4. The summed E-state index contributed by atoms with van der Waals surface area (Å²) in [6.07, 6.45) is 2.19. The Kier molecular flexibility index (Phi) is 3.30. The highest BCUT2D eigenvalue weighted by Gasteiger charge is 2.18. The molecule has 0 radical (unpaired) electrons. The molecular weight excluding hydrogens is 228 g/mol. The average molecular weight is 246 g/mol. The second-order valence-electron chi connectivity index (χ2n) is 4.99. The van der Waals surface area contributed by atoms with E-state index in [9.17, 15) is 4.79 Å². The minimum Gasteiger partial charge on any atom is -0.372 e. The summed E-state index contributed by atoms with van der Waals surface area (Å²) < 4.78 is 5.36. The number of fused-ring (bicyclic) bond motifs is 1. The summed E-state index contributed by atoms with van der Waals surface area (Å²) in [7, 11) is 0. The van der Waals surface area contributed by atoms with Crippen molar-refractivity contribution in [2.45, 2.75) is 32.1 Å². The summed E-state index contributed by atoms with van der Waals surface area (Å²) in [5.41, 5.74) is 3.08. The predicted octanol–water partition coefficient (Wildman–Crippen LogP) is 1.20. The normalized spacial score (nSPS) is 22.6. The molecule has 1 aromatic carbocycles. The maximum absolute atomic E-state index is 12.1. The van der Waals surface area contributed by atoms with E-state index in [1.807, 2.05) is 18.2 Å². The molecule has 3 rings (SSSR count). The molecule has 1 saturated heterocycles. The molecule has 0 aliphatic carbocycles. The van der Waals surface area contributed by atoms with Crippen LogP contribution in [-0.2, 0) is 18.0 Å². The number of carbonyl (C=O) groups is 1. The fraction of sp³-hybridized carbons (Fsp3) is 0.500. The first-order chi connectivity index (χ1) is 8.83. The van der Waals surface area contributed by atoms with Crippen LogP contribution in [0.25, 0.3) is 0 Å². The Hall–Kier alpha value is -1.39. The van der Waals surface area contributed by atoms with Crippen molar-refractivity contribution in [3.63, 3.8) is 0 Å². The van der Waals surface area contributed by atoms with E-state index < -0.39 is 0 Å². The SMILES string of the molecule is O=C(N[C@@H]1CCCNC1)c1ccc2c(c1)COC2. The lowest BCUT2D eigenvalue weighted by molar-refractivity contribution is 0.0930. The standard InChI is InChI=1S/C14H18N2O2/c17-14(16-13-2-1-5-15-7-13)10-3-4-11-8-18-9-12(11)6-10/h3-4,6,13,15H,1-2,5,7-9H2,(H,16,17)/t13-/m1/s1. The molecule has 2 N–H and O–H groups in total. The molecule has 0 saturated carbocycles. The Morgan fingerprint density at radius 1 is 1.33 bits per heavy atom. The molecule has 0 aromatic heterocycles. The molecule has 1 atom stereocenters. The summed E-state index contributed by atoms with van der Waals surface area (Å²) >= 11 is 0. The second kappa shape index (κ2) is 5.08. The minimum absolute atomic E-state index is 0.0263. The molecule has 2 aliphatic rings. The van der Waals surface area contributed by atoms with Gasteiger partial charge < -0.3 is 15.4 Å².